The second-order valence-electron chi connectivity index (χ2n) is 26.1. The molecule has 0 bridgehead atoms. The molecule has 3 aromatic carbocycles. The number of aromatic nitrogens is 9. The van der Waals surface area contributed by atoms with Gasteiger partial charge >= 0.3 is 0 Å². The predicted molar refractivity (Wildman–Crippen MR) is 332 cm³/mol. The summed E-state index contributed by atoms with van der Waals surface area (Å²) in [6.07, 6.45) is 15.3. The van der Waals surface area contributed by atoms with Crippen LogP contribution in [0.3, 0.4) is 0 Å². The minimum absolute atomic E-state index is 0.00826. The molecular weight excluding hydrogens is 1160 g/mol. The number of hydrogen-bond acceptors (Lipinski definition) is 13. The fraction of sp³-hybridized carbons (Fsp3) is 0.455. The summed E-state index contributed by atoms with van der Waals surface area (Å²) >= 11 is 1.68. The largest absolute Gasteiger partial charge is 0.381 e. The molecule has 0 saturated carbocycles. The Balaban J connectivity index is 0.000000145. The standard InChI is InChI=1S/C22H28N3O4S.C22H28N3O3S.C22H28N3O2S/c1-22(2,3)21-23-19-14-18(30(27,28)17-6-10-24(26)11-7-17)4-5-20(19)25(21)15-16-8-12-29-13-9-16;1-22(2,3)21-23-19-14-18(29(27)17-6-10-24(26)11-7-17)4-5-20(19)25(21)15-16-8-12-28-13-9-16;1-22(2,3)21-23-19-14-18(28-17-6-10-24(26)11-7-17)4-5-20(19)25(21)15-16-8-12-27-13-9-16/h4-7,10-11,14,16,26H,8-9,12-13,15H2,1-3H3;4-7,10-11,14,16,26H,8-9,12-13,15H2,1-3H3;4-7,10-11,14,16,26H,8-9,12-13,15H2,1-3H3/q3*+1. The number of imidazole rings is 3. The van der Waals surface area contributed by atoms with E-state index in [1.165, 1.54) is 42.4 Å². The summed E-state index contributed by atoms with van der Waals surface area (Å²) in [6, 6.07) is 27.5. The predicted octanol–water partition coefficient (Wildman–Crippen LogP) is 11.0. The first-order valence-electron chi connectivity index (χ1n) is 30.1. The summed E-state index contributed by atoms with van der Waals surface area (Å²) in [5, 5.41) is 28.2. The van der Waals surface area contributed by atoms with Crippen LogP contribution in [0.15, 0.2) is 158 Å². The van der Waals surface area contributed by atoms with E-state index in [4.69, 9.17) is 29.2 Å². The van der Waals surface area contributed by atoms with Crippen LogP contribution < -0.4 is 14.2 Å². The number of rotatable bonds is 12. The molecule has 3 N–H and O–H groups in total. The Labute approximate surface area is 517 Å². The van der Waals surface area contributed by atoms with Crippen molar-refractivity contribution in [2.45, 2.75) is 166 Å². The Morgan fingerprint density at radius 2 is 0.839 bits per heavy atom. The first kappa shape index (κ1) is 63.3. The van der Waals surface area contributed by atoms with Gasteiger partial charge in [-0.2, -0.15) is 0 Å². The highest BCUT2D eigenvalue weighted by atomic mass is 32.2. The molecule has 0 radical (unpaired) electrons. The highest BCUT2D eigenvalue weighted by Gasteiger charge is 2.30. The number of ether oxygens (including phenoxy) is 3. The van der Waals surface area contributed by atoms with Gasteiger partial charge in [-0.25, -0.2) is 27.6 Å². The van der Waals surface area contributed by atoms with E-state index in [1.54, 1.807) is 48.4 Å². The van der Waals surface area contributed by atoms with E-state index < -0.39 is 20.6 Å². The average molecular weight is 1240 g/mol. The molecule has 9 heterocycles. The molecule has 1 unspecified atom stereocenters. The zero-order chi connectivity index (χ0) is 61.8. The molecule has 87 heavy (non-hydrogen) atoms. The van der Waals surface area contributed by atoms with Crippen LogP contribution in [0.4, 0.5) is 0 Å². The maximum Gasteiger partial charge on any atom is 0.223 e. The van der Waals surface area contributed by atoms with Crippen LogP contribution in [0, 0.1) is 17.8 Å². The van der Waals surface area contributed by atoms with Crippen molar-refractivity contribution in [2.75, 3.05) is 39.6 Å². The molecule has 0 aliphatic carbocycles. The van der Waals surface area contributed by atoms with E-state index in [9.17, 15) is 28.2 Å². The molecule has 3 aliphatic heterocycles. The number of nitrogens with zero attached hydrogens (tertiary/aromatic N) is 9. The van der Waals surface area contributed by atoms with Crippen LogP contribution in [-0.4, -0.2) is 96.5 Å². The summed E-state index contributed by atoms with van der Waals surface area (Å²) in [5.74, 6) is 4.93. The smallest absolute Gasteiger partial charge is 0.223 e. The van der Waals surface area contributed by atoms with Crippen molar-refractivity contribution in [1.82, 2.24) is 28.7 Å². The molecule has 3 saturated heterocycles. The lowest BCUT2D eigenvalue weighted by atomic mass is 9.94. The van der Waals surface area contributed by atoms with E-state index in [0.717, 1.165) is 161 Å². The van der Waals surface area contributed by atoms with Crippen molar-refractivity contribution in [3.8, 4) is 0 Å². The Bertz CT molecular complexity index is 3960. The molecule has 3 fully saturated rings. The van der Waals surface area contributed by atoms with Crippen molar-refractivity contribution < 1.29 is 56.7 Å². The monoisotopic (exact) mass is 1240 g/mol. The van der Waals surface area contributed by atoms with Gasteiger partial charge in [0.2, 0.25) is 47.0 Å². The van der Waals surface area contributed by atoms with E-state index in [-0.39, 0.29) is 26.0 Å². The van der Waals surface area contributed by atoms with Crippen molar-refractivity contribution in [2.24, 2.45) is 17.8 Å². The lowest BCUT2D eigenvalue weighted by Crippen LogP contribution is -2.28. The highest BCUT2D eigenvalue weighted by Crippen LogP contribution is 2.36. The normalized spacial score (nSPS) is 16.4. The number of pyridine rings is 3. The lowest BCUT2D eigenvalue weighted by Gasteiger charge is -2.26. The third-order valence-corrected chi connectivity index (χ3v) is 20.3. The number of hydrogen-bond donors (Lipinski definition) is 3. The Morgan fingerprint density at radius 3 is 1.26 bits per heavy atom. The van der Waals surface area contributed by atoms with Gasteiger partial charge in [-0.05, 0) is 111 Å². The van der Waals surface area contributed by atoms with Gasteiger partial charge in [-0.3, -0.25) is 15.6 Å². The van der Waals surface area contributed by atoms with Crippen molar-refractivity contribution in [3.05, 3.63) is 146 Å². The van der Waals surface area contributed by atoms with Crippen LogP contribution in [0.1, 0.15) is 118 Å². The molecule has 0 spiro atoms. The summed E-state index contributed by atoms with van der Waals surface area (Å²) in [7, 11) is -5.03. The third-order valence-electron chi connectivity index (χ3n) is 16.2. The van der Waals surface area contributed by atoms with Gasteiger partial charge in [-0.15, -0.1) is 0 Å². The molecule has 6 aromatic heterocycles. The molecular formula is C66H84N9O9S3+3. The van der Waals surface area contributed by atoms with Crippen LogP contribution in [-0.2, 0) is 70.7 Å². The van der Waals surface area contributed by atoms with Crippen LogP contribution in [0.25, 0.3) is 33.1 Å². The molecule has 12 rings (SSSR count). The van der Waals surface area contributed by atoms with Crippen LogP contribution >= 0.6 is 11.8 Å². The minimum atomic E-state index is -3.70. The van der Waals surface area contributed by atoms with Gasteiger partial charge in [0.1, 0.15) is 17.5 Å². The molecule has 21 heteroatoms. The first-order valence-corrected chi connectivity index (χ1v) is 33.6. The Hall–Kier alpha value is -6.75. The summed E-state index contributed by atoms with van der Waals surface area (Å²) in [5.41, 5.74) is 5.59. The van der Waals surface area contributed by atoms with Gasteiger partial charge in [-0.1, -0.05) is 74.1 Å². The maximum atomic E-state index is 13.1. The maximum absolute atomic E-state index is 13.1. The first-order chi connectivity index (χ1) is 41.4. The van der Waals surface area contributed by atoms with Crippen molar-refractivity contribution in [1.29, 1.82) is 0 Å². The second-order valence-corrected chi connectivity index (χ2v) is 30.7. The number of sulfone groups is 1. The topological polar surface area (TPSA) is 205 Å². The fourth-order valence-corrected chi connectivity index (χ4v) is 14.7. The van der Waals surface area contributed by atoms with Crippen molar-refractivity contribution in [3.63, 3.8) is 0 Å². The van der Waals surface area contributed by atoms with E-state index in [2.05, 4.69) is 94.2 Å². The SMILES string of the molecule is CC(C)(C)c1nc2cc(S(=O)(=O)c3cc[n+](O)cc3)ccc2n1CC1CCOCC1.CC(C)(C)c1nc2cc(S(=O)c3cc[n+](O)cc3)ccc2n1CC1CCOCC1.CC(C)(C)c1nc2cc(Sc3cc[n+](O)cc3)ccc2n1CC1CCOCC1. The van der Waals surface area contributed by atoms with Crippen molar-refractivity contribution >= 4 is 65.5 Å². The van der Waals surface area contributed by atoms with Gasteiger partial charge < -0.3 is 27.9 Å². The minimum Gasteiger partial charge on any atom is -0.381 e. The number of benzene rings is 3. The number of fused-ring (bicyclic) bond motifs is 3. The third kappa shape index (κ3) is 15.2. The molecule has 0 amide bonds. The summed E-state index contributed by atoms with van der Waals surface area (Å²) in [6.45, 7) is 27.4. The molecule has 1 atom stereocenters. The summed E-state index contributed by atoms with van der Waals surface area (Å²) < 4.78 is 65.5. The lowest BCUT2D eigenvalue weighted by molar-refractivity contribution is -0.905. The zero-order valence-corrected chi connectivity index (χ0v) is 54.0. The molecule has 18 nitrogen and oxygen atoms in total. The molecule has 462 valence electrons. The van der Waals surface area contributed by atoms with Gasteiger partial charge in [0.25, 0.3) is 0 Å². The van der Waals surface area contributed by atoms with Crippen LogP contribution in [0.2, 0.25) is 0 Å². The van der Waals surface area contributed by atoms with Crippen LogP contribution in [0.5, 0.6) is 0 Å². The van der Waals surface area contributed by atoms with E-state index >= 15 is 0 Å². The summed E-state index contributed by atoms with van der Waals surface area (Å²) in [4.78, 5) is 18.8. The average Bonchev–Trinajstić information content (AvgIpc) is 1.77. The molecule has 3 aliphatic rings. The Kier molecular flexibility index (Phi) is 19.3. The second kappa shape index (κ2) is 26.5. The fourth-order valence-electron chi connectivity index (χ4n) is 11.5. The quantitative estimate of drug-likeness (QED) is 0.0770. The Morgan fingerprint density at radius 1 is 0.471 bits per heavy atom. The van der Waals surface area contributed by atoms with Gasteiger partial charge in [0, 0.05) is 141 Å². The van der Waals surface area contributed by atoms with Gasteiger partial charge in [0.05, 0.1) is 58.6 Å². The van der Waals surface area contributed by atoms with E-state index in [1.807, 2.05) is 36.4 Å². The van der Waals surface area contributed by atoms with E-state index in [0.29, 0.717) is 33.1 Å². The highest BCUT2D eigenvalue weighted by molar-refractivity contribution is 7.99. The van der Waals surface area contributed by atoms with Gasteiger partial charge in [0.15, 0.2) is 0 Å². The zero-order valence-electron chi connectivity index (χ0n) is 51.5. The molecule has 9 aromatic rings.